The van der Waals surface area contributed by atoms with E-state index in [-0.39, 0.29) is 10.6 Å². The molecule has 220 valence electrons. The molecule has 2 unspecified atom stereocenters. The minimum Gasteiger partial charge on any atom is -0.483 e. The van der Waals surface area contributed by atoms with E-state index in [2.05, 4.69) is 10.3 Å². The molecule has 2 aliphatic rings. The first kappa shape index (κ1) is 28.7. The molecule has 0 bridgehead atoms. The molecule has 0 saturated carbocycles. The van der Waals surface area contributed by atoms with Crippen molar-refractivity contribution in [2.45, 2.75) is 29.3 Å². The second-order valence-corrected chi connectivity index (χ2v) is 12.2. The number of nitrogens with one attached hydrogen (secondary N) is 2. The van der Waals surface area contributed by atoms with Gasteiger partial charge in [0.15, 0.2) is 6.61 Å². The Hall–Kier alpha value is -4.36. The smallest absolute Gasteiger partial charge is 0.418 e. The normalized spacial score (nSPS) is 19.6. The fraction of sp³-hybridized carbons (Fsp3) is 0.200. The number of carbonyl (C=O) groups excluding carboxylic acids is 3. The predicted octanol–water partition coefficient (Wildman–Crippen LogP) is 5.58. The minimum absolute atomic E-state index is 0.193. The van der Waals surface area contributed by atoms with Crippen LogP contribution in [0.25, 0.3) is 0 Å². The molecule has 0 spiro atoms. The van der Waals surface area contributed by atoms with E-state index >= 15 is 0 Å². The Kier molecular flexibility index (Phi) is 7.38. The summed E-state index contributed by atoms with van der Waals surface area (Å²) in [6.45, 7) is 1.26. The van der Waals surface area contributed by atoms with Crippen LogP contribution in [0.3, 0.4) is 0 Å². The van der Waals surface area contributed by atoms with Crippen molar-refractivity contribution in [3.8, 4) is 5.75 Å². The lowest BCUT2D eigenvalue weighted by molar-refractivity contribution is -0.137. The summed E-state index contributed by atoms with van der Waals surface area (Å²) in [6, 6.07) is 18.2. The van der Waals surface area contributed by atoms with Gasteiger partial charge in [-0.1, -0.05) is 71.1 Å². The fourth-order valence-electron chi connectivity index (χ4n) is 5.34. The Morgan fingerprint density at radius 2 is 1.67 bits per heavy atom. The summed E-state index contributed by atoms with van der Waals surface area (Å²) >= 11 is 2.06. The predicted molar refractivity (Wildman–Crippen MR) is 156 cm³/mol. The number of halogens is 3. The van der Waals surface area contributed by atoms with Crippen LogP contribution in [0, 0.1) is 12.8 Å². The summed E-state index contributed by atoms with van der Waals surface area (Å²) < 4.78 is 46.0. The Labute approximate surface area is 250 Å². The van der Waals surface area contributed by atoms with Gasteiger partial charge >= 0.3 is 11.0 Å². The monoisotopic (exact) mass is 625 g/mol. The van der Waals surface area contributed by atoms with Crippen LogP contribution in [0.15, 0.2) is 82.6 Å². The second kappa shape index (κ2) is 11.0. The SMILES string of the molecule is Cc1ccc(N2C(=O)C3Sc4[nH]c(=O)sc4[C@H](c4ccccc4OCC(=O)Nc4ccccc4C(F)(F)F)C3C2=O)cc1. The molecule has 1 saturated heterocycles. The summed E-state index contributed by atoms with van der Waals surface area (Å²) in [5.74, 6) is -3.12. The van der Waals surface area contributed by atoms with Gasteiger partial charge in [0, 0.05) is 16.4 Å². The summed E-state index contributed by atoms with van der Waals surface area (Å²) in [5.41, 5.74) is 0.462. The largest absolute Gasteiger partial charge is 0.483 e. The van der Waals surface area contributed by atoms with Crippen LogP contribution in [0.1, 0.15) is 27.5 Å². The van der Waals surface area contributed by atoms with E-state index in [9.17, 15) is 32.3 Å². The highest BCUT2D eigenvalue weighted by molar-refractivity contribution is 8.00. The molecule has 43 heavy (non-hydrogen) atoms. The standard InChI is InChI=1S/C30H22F3N3O5S2/c1-15-10-12-16(13-11-15)36-27(38)23-22(24-26(35-29(40)43-24)42-25(23)28(36)39)17-6-2-5-9-20(17)41-14-21(37)34-19-8-4-3-7-18(19)30(31,32)33/h2-13,22-23,25H,14H2,1H3,(H,34,37)(H,35,40)/t22-,23?,25?/m1/s1. The quantitative estimate of drug-likeness (QED) is 0.271. The number of H-pyrrole nitrogens is 1. The average Bonchev–Trinajstić information content (AvgIpc) is 3.46. The summed E-state index contributed by atoms with van der Waals surface area (Å²) in [6.07, 6.45) is -4.67. The van der Waals surface area contributed by atoms with E-state index in [0.29, 0.717) is 21.2 Å². The van der Waals surface area contributed by atoms with Crippen LogP contribution in [0.2, 0.25) is 0 Å². The lowest BCUT2D eigenvalue weighted by Crippen LogP contribution is -2.32. The number of amides is 3. The molecule has 3 atom stereocenters. The van der Waals surface area contributed by atoms with E-state index in [1.54, 1.807) is 48.5 Å². The number of rotatable bonds is 6. The molecule has 3 amide bonds. The van der Waals surface area contributed by atoms with Crippen molar-refractivity contribution in [3.63, 3.8) is 0 Å². The first-order valence-electron chi connectivity index (χ1n) is 13.0. The van der Waals surface area contributed by atoms with Gasteiger partial charge in [0.2, 0.25) is 11.8 Å². The molecule has 0 aliphatic carbocycles. The maximum atomic E-state index is 13.9. The number of para-hydroxylation sites is 2. The van der Waals surface area contributed by atoms with Crippen LogP contribution in [-0.2, 0) is 20.6 Å². The van der Waals surface area contributed by atoms with Crippen LogP contribution in [0.5, 0.6) is 5.75 Å². The van der Waals surface area contributed by atoms with Crippen molar-refractivity contribution in [1.29, 1.82) is 0 Å². The van der Waals surface area contributed by atoms with E-state index in [1.807, 2.05) is 6.92 Å². The first-order valence-corrected chi connectivity index (χ1v) is 14.7. The van der Waals surface area contributed by atoms with Crippen LogP contribution < -0.4 is 19.8 Å². The van der Waals surface area contributed by atoms with Gasteiger partial charge in [-0.15, -0.1) is 0 Å². The molecular formula is C30H22F3N3O5S2. The van der Waals surface area contributed by atoms with E-state index in [1.165, 1.54) is 17.0 Å². The number of hydrogen-bond donors (Lipinski definition) is 2. The second-order valence-electron chi connectivity index (χ2n) is 10.0. The van der Waals surface area contributed by atoms with Gasteiger partial charge in [-0.3, -0.25) is 19.2 Å². The third-order valence-corrected chi connectivity index (χ3v) is 9.64. The van der Waals surface area contributed by atoms with Gasteiger partial charge in [-0.05, 0) is 37.3 Å². The van der Waals surface area contributed by atoms with Gasteiger partial charge < -0.3 is 15.0 Å². The number of aromatic amines is 1. The minimum atomic E-state index is -4.67. The average molecular weight is 626 g/mol. The Balaban J connectivity index is 1.32. The van der Waals surface area contributed by atoms with Crippen molar-refractivity contribution in [2.24, 2.45) is 5.92 Å². The molecule has 2 N–H and O–H groups in total. The maximum absolute atomic E-state index is 13.9. The van der Waals surface area contributed by atoms with Gasteiger partial charge in [-0.2, -0.15) is 13.2 Å². The van der Waals surface area contributed by atoms with Crippen LogP contribution in [0.4, 0.5) is 24.5 Å². The third kappa shape index (κ3) is 5.34. The topological polar surface area (TPSA) is 109 Å². The Morgan fingerprint density at radius 1 is 0.977 bits per heavy atom. The number of imide groups is 1. The van der Waals surface area contributed by atoms with Crippen LogP contribution >= 0.6 is 23.1 Å². The highest BCUT2D eigenvalue weighted by Crippen LogP contribution is 2.54. The van der Waals surface area contributed by atoms with Crippen molar-refractivity contribution in [2.75, 3.05) is 16.8 Å². The number of fused-ring (bicyclic) bond motifs is 2. The van der Waals surface area contributed by atoms with E-state index in [0.717, 1.165) is 40.8 Å². The number of alkyl halides is 3. The number of anilines is 2. The summed E-state index contributed by atoms with van der Waals surface area (Å²) in [7, 11) is 0. The lowest BCUT2D eigenvalue weighted by atomic mass is 9.82. The molecule has 3 heterocycles. The molecule has 0 radical (unpaired) electrons. The number of hydrogen-bond acceptors (Lipinski definition) is 7. The summed E-state index contributed by atoms with van der Waals surface area (Å²) in [4.78, 5) is 56.8. The van der Waals surface area contributed by atoms with Crippen molar-refractivity contribution in [3.05, 3.63) is 104 Å². The number of ether oxygens (including phenoxy) is 1. The first-order chi connectivity index (χ1) is 20.5. The lowest BCUT2D eigenvalue weighted by Gasteiger charge is -2.30. The van der Waals surface area contributed by atoms with E-state index in [4.69, 9.17) is 4.74 Å². The number of thiazole rings is 1. The molecule has 1 aromatic heterocycles. The molecule has 13 heteroatoms. The fourth-order valence-corrected chi connectivity index (χ4v) is 7.84. The molecule has 2 aliphatic heterocycles. The number of benzene rings is 3. The number of carbonyl (C=O) groups is 3. The molecule has 4 aromatic rings. The molecular weight excluding hydrogens is 603 g/mol. The van der Waals surface area contributed by atoms with Crippen molar-refractivity contribution in [1.82, 2.24) is 4.98 Å². The zero-order valence-electron chi connectivity index (χ0n) is 22.3. The molecule has 8 nitrogen and oxygen atoms in total. The zero-order valence-corrected chi connectivity index (χ0v) is 23.9. The zero-order chi connectivity index (χ0) is 30.5. The van der Waals surface area contributed by atoms with Crippen molar-refractivity contribution < 1.29 is 32.3 Å². The van der Waals surface area contributed by atoms with Gasteiger partial charge in [0.25, 0.3) is 5.91 Å². The number of thioether (sulfide) groups is 1. The highest BCUT2D eigenvalue weighted by Gasteiger charge is 2.56. The Bertz CT molecular complexity index is 1800. The molecule has 1 fully saturated rings. The van der Waals surface area contributed by atoms with Gasteiger partial charge in [0.1, 0.15) is 11.0 Å². The van der Waals surface area contributed by atoms with E-state index < -0.39 is 58.8 Å². The Morgan fingerprint density at radius 3 is 2.42 bits per heavy atom. The van der Waals surface area contributed by atoms with Crippen LogP contribution in [-0.4, -0.2) is 34.6 Å². The van der Waals surface area contributed by atoms with Gasteiger partial charge in [-0.25, -0.2) is 4.90 Å². The summed E-state index contributed by atoms with van der Waals surface area (Å²) in [5, 5.41) is 1.90. The highest BCUT2D eigenvalue weighted by atomic mass is 32.2. The number of aryl methyl sites for hydroxylation is 1. The number of nitrogens with zero attached hydrogens (tertiary/aromatic N) is 1. The molecule has 6 rings (SSSR count). The maximum Gasteiger partial charge on any atom is 0.418 e. The van der Waals surface area contributed by atoms with Gasteiger partial charge in [0.05, 0.1) is 27.9 Å². The third-order valence-electron chi connectivity index (χ3n) is 7.24. The molecule has 3 aromatic carbocycles. The van der Waals surface area contributed by atoms with Crippen molar-refractivity contribution >= 4 is 52.2 Å². The number of aromatic nitrogens is 1.